The number of rotatable bonds is 6. The minimum absolute atomic E-state index is 0.0177. The lowest BCUT2D eigenvalue weighted by Gasteiger charge is -2.30. The van der Waals surface area contributed by atoms with Crippen molar-refractivity contribution in [3.8, 4) is 5.75 Å². The number of ether oxygens (including phenoxy) is 1. The molecule has 0 fully saturated rings. The van der Waals surface area contributed by atoms with Crippen LogP contribution in [0.3, 0.4) is 0 Å². The van der Waals surface area contributed by atoms with Crippen LogP contribution in [-0.2, 0) is 17.9 Å². The SMILES string of the molecule is COc1ccc(CNC(=O)C(C(C)C)N2Cc3ccccc3C2=O)cc1. The molecular formula is C21H24N2O3. The number of benzene rings is 2. The highest BCUT2D eigenvalue weighted by Gasteiger charge is 2.37. The van der Waals surface area contributed by atoms with E-state index >= 15 is 0 Å². The highest BCUT2D eigenvalue weighted by molar-refractivity contribution is 6.01. The first kappa shape index (κ1) is 18.0. The maximum atomic E-state index is 12.8. The molecule has 2 aromatic rings. The summed E-state index contributed by atoms with van der Waals surface area (Å²) >= 11 is 0. The molecule has 2 aromatic carbocycles. The second-order valence-corrected chi connectivity index (χ2v) is 6.84. The lowest BCUT2D eigenvalue weighted by molar-refractivity contribution is -0.127. The number of carbonyl (C=O) groups is 2. The summed E-state index contributed by atoms with van der Waals surface area (Å²) in [5, 5.41) is 2.97. The van der Waals surface area contributed by atoms with Crippen molar-refractivity contribution < 1.29 is 14.3 Å². The molecule has 0 bridgehead atoms. The Morgan fingerprint density at radius 2 is 1.85 bits per heavy atom. The van der Waals surface area contributed by atoms with Gasteiger partial charge in [-0.3, -0.25) is 9.59 Å². The quantitative estimate of drug-likeness (QED) is 0.869. The van der Waals surface area contributed by atoms with E-state index in [0.29, 0.717) is 18.7 Å². The van der Waals surface area contributed by atoms with Gasteiger partial charge in [0.2, 0.25) is 5.91 Å². The Morgan fingerprint density at radius 3 is 2.46 bits per heavy atom. The fourth-order valence-electron chi connectivity index (χ4n) is 3.34. The zero-order valence-electron chi connectivity index (χ0n) is 15.4. The highest BCUT2D eigenvalue weighted by Crippen LogP contribution is 2.27. The van der Waals surface area contributed by atoms with Crippen LogP contribution >= 0.6 is 0 Å². The second kappa shape index (κ2) is 7.60. The van der Waals surface area contributed by atoms with E-state index in [0.717, 1.165) is 16.9 Å². The van der Waals surface area contributed by atoms with E-state index in [1.54, 1.807) is 12.0 Å². The molecule has 136 valence electrons. The van der Waals surface area contributed by atoms with Crippen molar-refractivity contribution in [1.29, 1.82) is 0 Å². The van der Waals surface area contributed by atoms with Gasteiger partial charge in [-0.25, -0.2) is 0 Å². The second-order valence-electron chi connectivity index (χ2n) is 6.84. The number of amides is 2. The maximum Gasteiger partial charge on any atom is 0.255 e. The van der Waals surface area contributed by atoms with Crippen LogP contribution in [0.1, 0.15) is 35.3 Å². The van der Waals surface area contributed by atoms with E-state index in [1.165, 1.54) is 0 Å². The maximum absolute atomic E-state index is 12.8. The van der Waals surface area contributed by atoms with Crippen molar-refractivity contribution in [3.63, 3.8) is 0 Å². The number of nitrogens with one attached hydrogen (secondary N) is 1. The van der Waals surface area contributed by atoms with Gasteiger partial charge in [-0.2, -0.15) is 0 Å². The number of carbonyl (C=O) groups excluding carboxylic acids is 2. The van der Waals surface area contributed by atoms with Crippen molar-refractivity contribution in [2.75, 3.05) is 7.11 Å². The minimum Gasteiger partial charge on any atom is -0.497 e. The van der Waals surface area contributed by atoms with Gasteiger partial charge >= 0.3 is 0 Å². The Bertz CT molecular complexity index is 799. The zero-order valence-corrected chi connectivity index (χ0v) is 15.4. The molecule has 1 N–H and O–H groups in total. The molecule has 2 amide bonds. The van der Waals surface area contributed by atoms with Crippen molar-refractivity contribution >= 4 is 11.8 Å². The first-order valence-electron chi connectivity index (χ1n) is 8.80. The van der Waals surface area contributed by atoms with Gasteiger partial charge < -0.3 is 15.0 Å². The molecule has 0 spiro atoms. The van der Waals surface area contributed by atoms with Gasteiger partial charge in [0, 0.05) is 18.7 Å². The standard InChI is InChI=1S/C21H24N2O3/c1-14(2)19(23-13-16-6-4-5-7-18(16)21(23)25)20(24)22-12-15-8-10-17(26-3)11-9-15/h4-11,14,19H,12-13H2,1-3H3,(H,22,24). The van der Waals surface area contributed by atoms with Crippen molar-refractivity contribution in [1.82, 2.24) is 10.2 Å². The molecule has 26 heavy (non-hydrogen) atoms. The minimum atomic E-state index is -0.492. The van der Waals surface area contributed by atoms with Gasteiger partial charge in [-0.05, 0) is 35.2 Å². The molecular weight excluding hydrogens is 328 g/mol. The van der Waals surface area contributed by atoms with Crippen LogP contribution in [-0.4, -0.2) is 29.9 Å². The van der Waals surface area contributed by atoms with E-state index in [4.69, 9.17) is 4.74 Å². The molecule has 0 aromatic heterocycles. The van der Waals surface area contributed by atoms with Crippen LogP contribution in [0, 0.1) is 5.92 Å². The molecule has 1 unspecified atom stereocenters. The lowest BCUT2D eigenvalue weighted by Crippen LogP contribution is -2.49. The molecule has 1 aliphatic heterocycles. The molecule has 1 heterocycles. The highest BCUT2D eigenvalue weighted by atomic mass is 16.5. The number of hydrogen-bond donors (Lipinski definition) is 1. The average molecular weight is 352 g/mol. The average Bonchev–Trinajstić information content (AvgIpc) is 2.97. The smallest absolute Gasteiger partial charge is 0.255 e. The Labute approximate surface area is 154 Å². The number of hydrogen-bond acceptors (Lipinski definition) is 3. The van der Waals surface area contributed by atoms with Crippen LogP contribution in [0.5, 0.6) is 5.75 Å². The summed E-state index contributed by atoms with van der Waals surface area (Å²) in [6.45, 7) is 4.83. The normalized spacial score (nSPS) is 14.3. The van der Waals surface area contributed by atoms with Crippen LogP contribution in [0.15, 0.2) is 48.5 Å². The van der Waals surface area contributed by atoms with Gasteiger partial charge in [0.25, 0.3) is 5.91 Å². The fraction of sp³-hybridized carbons (Fsp3) is 0.333. The Morgan fingerprint density at radius 1 is 1.15 bits per heavy atom. The van der Waals surface area contributed by atoms with Gasteiger partial charge in [0.1, 0.15) is 11.8 Å². The lowest BCUT2D eigenvalue weighted by atomic mass is 10.0. The van der Waals surface area contributed by atoms with Crippen molar-refractivity contribution in [3.05, 3.63) is 65.2 Å². The predicted molar refractivity (Wildman–Crippen MR) is 99.8 cm³/mol. The fourth-order valence-corrected chi connectivity index (χ4v) is 3.34. The molecule has 0 aliphatic carbocycles. The van der Waals surface area contributed by atoms with E-state index < -0.39 is 6.04 Å². The summed E-state index contributed by atoms with van der Waals surface area (Å²) in [5.74, 6) is 0.598. The first-order valence-corrected chi connectivity index (χ1v) is 8.80. The van der Waals surface area contributed by atoms with Gasteiger partial charge in [-0.15, -0.1) is 0 Å². The Kier molecular flexibility index (Phi) is 5.26. The Hall–Kier alpha value is -2.82. The summed E-state index contributed by atoms with van der Waals surface area (Å²) in [4.78, 5) is 27.2. The molecule has 1 atom stereocenters. The van der Waals surface area contributed by atoms with Crippen LogP contribution < -0.4 is 10.1 Å². The molecule has 1 aliphatic rings. The molecule has 0 saturated carbocycles. The largest absolute Gasteiger partial charge is 0.497 e. The molecule has 3 rings (SSSR count). The summed E-state index contributed by atoms with van der Waals surface area (Å²) in [6.07, 6.45) is 0. The summed E-state index contributed by atoms with van der Waals surface area (Å²) in [7, 11) is 1.62. The molecule has 5 nitrogen and oxygen atoms in total. The third-order valence-electron chi connectivity index (χ3n) is 4.71. The van der Waals surface area contributed by atoms with E-state index in [9.17, 15) is 9.59 Å². The van der Waals surface area contributed by atoms with Crippen molar-refractivity contribution in [2.24, 2.45) is 5.92 Å². The third kappa shape index (κ3) is 3.57. The van der Waals surface area contributed by atoms with Gasteiger partial charge in [-0.1, -0.05) is 44.2 Å². The Balaban J connectivity index is 1.70. The van der Waals surface area contributed by atoms with Crippen LogP contribution in [0.2, 0.25) is 0 Å². The zero-order chi connectivity index (χ0) is 18.7. The first-order chi connectivity index (χ1) is 12.5. The third-order valence-corrected chi connectivity index (χ3v) is 4.71. The molecule has 5 heteroatoms. The van der Waals surface area contributed by atoms with E-state index in [1.807, 2.05) is 62.4 Å². The van der Waals surface area contributed by atoms with E-state index in [2.05, 4.69) is 5.32 Å². The predicted octanol–water partition coefficient (Wildman–Crippen LogP) is 2.99. The number of nitrogens with zero attached hydrogens (tertiary/aromatic N) is 1. The topological polar surface area (TPSA) is 58.6 Å². The summed E-state index contributed by atoms with van der Waals surface area (Å²) < 4.78 is 5.14. The summed E-state index contributed by atoms with van der Waals surface area (Å²) in [5.41, 5.74) is 2.66. The van der Waals surface area contributed by atoms with Gasteiger partial charge in [0.05, 0.1) is 7.11 Å². The van der Waals surface area contributed by atoms with Gasteiger partial charge in [0.15, 0.2) is 0 Å². The number of methoxy groups -OCH3 is 1. The molecule has 0 saturated heterocycles. The van der Waals surface area contributed by atoms with E-state index in [-0.39, 0.29) is 17.7 Å². The van der Waals surface area contributed by atoms with Crippen LogP contribution in [0.4, 0.5) is 0 Å². The van der Waals surface area contributed by atoms with Crippen LogP contribution in [0.25, 0.3) is 0 Å². The molecule has 0 radical (unpaired) electrons. The summed E-state index contributed by atoms with van der Waals surface area (Å²) in [6, 6.07) is 14.6. The number of fused-ring (bicyclic) bond motifs is 1. The van der Waals surface area contributed by atoms with Crippen molar-refractivity contribution in [2.45, 2.75) is 33.0 Å². The monoisotopic (exact) mass is 352 g/mol.